The summed E-state index contributed by atoms with van der Waals surface area (Å²) in [4.78, 5) is 24.0. The summed E-state index contributed by atoms with van der Waals surface area (Å²) in [5, 5.41) is 32.9. The molecule has 0 radical (unpaired) electrons. The minimum atomic E-state index is -0.597. The highest BCUT2D eigenvalue weighted by Gasteiger charge is 2.34. The van der Waals surface area contributed by atoms with Crippen molar-refractivity contribution >= 4 is 17.1 Å². The molecule has 3 rings (SSSR count). The minimum Gasteiger partial charge on any atom is -0.392 e. The van der Waals surface area contributed by atoms with Crippen molar-refractivity contribution in [1.29, 1.82) is 0 Å². The number of rotatable bonds is 5. The maximum atomic E-state index is 11.8. The fraction of sp³-hybridized carbons (Fsp3) is 0.400. The molecule has 28 heavy (non-hydrogen) atoms. The van der Waals surface area contributed by atoms with Crippen molar-refractivity contribution in [3.8, 4) is 0 Å². The van der Waals surface area contributed by atoms with Crippen molar-refractivity contribution in [3.05, 3.63) is 73.3 Å². The van der Waals surface area contributed by atoms with Crippen molar-refractivity contribution in [2.45, 2.75) is 38.7 Å². The number of aliphatic hydroxyl groups excluding tert-OH is 1. The van der Waals surface area contributed by atoms with Gasteiger partial charge in [-0.1, -0.05) is 30.3 Å². The van der Waals surface area contributed by atoms with Gasteiger partial charge in [0.15, 0.2) is 5.69 Å². The standard InChI is InChI=1S/C20H23N3O5/c1-14-17(13-24)12-18(22(25)26)20(19(14)23(27)28)21-10-5-8-16(9-11-21)15-6-3-2-4-7-15/h2-4,6-7,12,16,24H,5,8-11,13H2,1H3. The quantitative estimate of drug-likeness (QED) is 0.613. The predicted octanol–water partition coefficient (Wildman–Crippen LogP) is 4.08. The van der Waals surface area contributed by atoms with Crippen LogP contribution in [0.5, 0.6) is 0 Å². The maximum absolute atomic E-state index is 11.8. The molecule has 0 amide bonds. The van der Waals surface area contributed by atoms with E-state index in [9.17, 15) is 25.3 Å². The van der Waals surface area contributed by atoms with Gasteiger partial charge in [-0.15, -0.1) is 0 Å². The highest BCUT2D eigenvalue weighted by molar-refractivity contribution is 5.79. The van der Waals surface area contributed by atoms with Crippen LogP contribution in [0.3, 0.4) is 0 Å². The molecule has 0 saturated carbocycles. The Balaban J connectivity index is 2.01. The van der Waals surface area contributed by atoms with Crippen LogP contribution in [0.4, 0.5) is 17.1 Å². The van der Waals surface area contributed by atoms with E-state index in [1.54, 1.807) is 4.90 Å². The molecule has 0 spiro atoms. The second kappa shape index (κ2) is 8.35. The van der Waals surface area contributed by atoms with E-state index in [0.717, 1.165) is 19.3 Å². The van der Waals surface area contributed by atoms with Gasteiger partial charge in [0.1, 0.15) is 0 Å². The lowest BCUT2D eigenvalue weighted by molar-refractivity contribution is -0.393. The Morgan fingerprint density at radius 3 is 2.43 bits per heavy atom. The highest BCUT2D eigenvalue weighted by Crippen LogP contribution is 2.43. The molecule has 1 unspecified atom stereocenters. The van der Waals surface area contributed by atoms with Gasteiger partial charge in [0.05, 0.1) is 16.5 Å². The number of nitrogens with zero attached hydrogens (tertiary/aromatic N) is 3. The molecule has 1 fully saturated rings. The number of hydrogen-bond acceptors (Lipinski definition) is 6. The first kappa shape index (κ1) is 19.8. The molecule has 8 heteroatoms. The SMILES string of the molecule is Cc1c(CO)cc([N+](=O)[O-])c(N2CCCC(c3ccccc3)CC2)c1[N+](=O)[O-]. The third-order valence-corrected chi connectivity index (χ3v) is 5.48. The van der Waals surface area contributed by atoms with Gasteiger partial charge >= 0.3 is 5.69 Å². The fourth-order valence-corrected chi connectivity index (χ4v) is 4.01. The van der Waals surface area contributed by atoms with Crippen molar-refractivity contribution in [2.75, 3.05) is 18.0 Å². The van der Waals surface area contributed by atoms with Crippen LogP contribution in [-0.2, 0) is 6.61 Å². The highest BCUT2D eigenvalue weighted by atomic mass is 16.6. The number of anilines is 1. The predicted molar refractivity (Wildman–Crippen MR) is 106 cm³/mol. The molecular formula is C20H23N3O5. The van der Waals surface area contributed by atoms with Gasteiger partial charge in [-0.3, -0.25) is 20.2 Å². The summed E-state index contributed by atoms with van der Waals surface area (Å²) in [5.41, 5.74) is 1.16. The minimum absolute atomic E-state index is 0.0541. The lowest BCUT2D eigenvalue weighted by atomic mass is 9.92. The molecule has 1 saturated heterocycles. The van der Waals surface area contributed by atoms with Crippen LogP contribution >= 0.6 is 0 Å². The third kappa shape index (κ3) is 3.82. The van der Waals surface area contributed by atoms with Gasteiger partial charge in [0.2, 0.25) is 0 Å². The van der Waals surface area contributed by atoms with Crippen molar-refractivity contribution in [1.82, 2.24) is 0 Å². The Hall–Kier alpha value is -3.00. The summed E-state index contributed by atoms with van der Waals surface area (Å²) in [6.07, 6.45) is 2.48. The second-order valence-electron chi connectivity index (χ2n) is 7.07. The second-order valence-corrected chi connectivity index (χ2v) is 7.07. The summed E-state index contributed by atoms with van der Waals surface area (Å²) in [6.45, 7) is 2.06. The first-order chi connectivity index (χ1) is 13.4. The Labute approximate surface area is 162 Å². The number of benzene rings is 2. The van der Waals surface area contributed by atoms with E-state index >= 15 is 0 Å². The molecule has 1 atom stereocenters. The van der Waals surface area contributed by atoms with Crippen LogP contribution in [0.2, 0.25) is 0 Å². The van der Waals surface area contributed by atoms with E-state index in [1.807, 2.05) is 18.2 Å². The van der Waals surface area contributed by atoms with Crippen LogP contribution < -0.4 is 4.90 Å². The molecule has 2 aromatic carbocycles. The first-order valence-electron chi connectivity index (χ1n) is 9.30. The maximum Gasteiger partial charge on any atom is 0.302 e. The van der Waals surface area contributed by atoms with Crippen molar-refractivity contribution < 1.29 is 15.0 Å². The summed E-state index contributed by atoms with van der Waals surface area (Å²) >= 11 is 0. The average molecular weight is 385 g/mol. The number of aliphatic hydroxyl groups is 1. The van der Waals surface area contributed by atoms with Gasteiger partial charge in [0.25, 0.3) is 5.69 Å². The lowest BCUT2D eigenvalue weighted by Gasteiger charge is -2.23. The molecule has 1 aliphatic rings. The van der Waals surface area contributed by atoms with E-state index in [2.05, 4.69) is 12.1 Å². The smallest absolute Gasteiger partial charge is 0.302 e. The summed E-state index contributed by atoms with van der Waals surface area (Å²) in [5.74, 6) is 0.321. The topological polar surface area (TPSA) is 110 Å². The van der Waals surface area contributed by atoms with Crippen molar-refractivity contribution in [2.24, 2.45) is 0 Å². The largest absolute Gasteiger partial charge is 0.392 e. The number of nitro groups is 2. The molecule has 2 aromatic rings. The van der Waals surface area contributed by atoms with E-state index in [1.165, 1.54) is 18.6 Å². The third-order valence-electron chi connectivity index (χ3n) is 5.48. The van der Waals surface area contributed by atoms with Gasteiger partial charge in [-0.2, -0.15) is 0 Å². The Morgan fingerprint density at radius 1 is 1.11 bits per heavy atom. The van der Waals surface area contributed by atoms with Crippen LogP contribution in [0.25, 0.3) is 0 Å². The molecule has 0 bridgehead atoms. The lowest BCUT2D eigenvalue weighted by Crippen LogP contribution is -2.26. The summed E-state index contributed by atoms with van der Waals surface area (Å²) < 4.78 is 0. The number of hydrogen-bond donors (Lipinski definition) is 1. The summed E-state index contributed by atoms with van der Waals surface area (Å²) in [6, 6.07) is 11.4. The molecule has 1 N–H and O–H groups in total. The van der Waals surface area contributed by atoms with Crippen molar-refractivity contribution in [3.63, 3.8) is 0 Å². The molecular weight excluding hydrogens is 362 g/mol. The summed E-state index contributed by atoms with van der Waals surface area (Å²) in [7, 11) is 0. The zero-order chi connectivity index (χ0) is 20.3. The van der Waals surface area contributed by atoms with Crippen LogP contribution in [0.15, 0.2) is 36.4 Å². The number of nitro benzene ring substituents is 2. The molecule has 0 aromatic heterocycles. The fourth-order valence-electron chi connectivity index (χ4n) is 4.01. The van der Waals surface area contributed by atoms with E-state index < -0.39 is 16.5 Å². The van der Waals surface area contributed by atoms with E-state index in [0.29, 0.717) is 19.0 Å². The molecule has 1 heterocycles. The van der Waals surface area contributed by atoms with Crippen LogP contribution in [-0.4, -0.2) is 28.0 Å². The normalized spacial score (nSPS) is 17.2. The van der Waals surface area contributed by atoms with E-state index in [-0.39, 0.29) is 28.2 Å². The van der Waals surface area contributed by atoms with E-state index in [4.69, 9.17) is 0 Å². The van der Waals surface area contributed by atoms with Gasteiger partial charge in [0, 0.05) is 24.7 Å². The first-order valence-corrected chi connectivity index (χ1v) is 9.30. The van der Waals surface area contributed by atoms with Gasteiger partial charge in [-0.05, 0) is 43.2 Å². The molecule has 8 nitrogen and oxygen atoms in total. The molecule has 148 valence electrons. The van der Waals surface area contributed by atoms with Crippen LogP contribution in [0, 0.1) is 27.2 Å². The molecule has 1 aliphatic heterocycles. The van der Waals surface area contributed by atoms with Gasteiger partial charge < -0.3 is 10.0 Å². The zero-order valence-electron chi connectivity index (χ0n) is 15.7. The zero-order valence-corrected chi connectivity index (χ0v) is 15.7. The Bertz CT molecular complexity index is 885. The Kier molecular flexibility index (Phi) is 5.89. The molecule has 0 aliphatic carbocycles. The monoisotopic (exact) mass is 385 g/mol. The van der Waals surface area contributed by atoms with Crippen LogP contribution in [0.1, 0.15) is 41.9 Å². The average Bonchev–Trinajstić information content (AvgIpc) is 2.93. The Morgan fingerprint density at radius 2 is 1.82 bits per heavy atom. The van der Waals surface area contributed by atoms with Gasteiger partial charge in [-0.25, -0.2) is 0 Å².